The van der Waals surface area contributed by atoms with E-state index in [0.29, 0.717) is 39.5 Å². The average molecular weight is 283 g/mol. The van der Waals surface area contributed by atoms with Crippen molar-refractivity contribution in [2.45, 2.75) is 19.4 Å². The van der Waals surface area contributed by atoms with Gasteiger partial charge in [-0.3, -0.25) is 0 Å². The van der Waals surface area contributed by atoms with Crippen LogP contribution in [-0.2, 0) is 15.9 Å². The Labute approximate surface area is 120 Å². The van der Waals surface area contributed by atoms with Gasteiger partial charge in [0.05, 0.1) is 26.4 Å². The van der Waals surface area contributed by atoms with E-state index >= 15 is 0 Å². The second kappa shape index (κ2) is 10.6. The molecule has 5 nitrogen and oxygen atoms in total. The highest BCUT2D eigenvalue weighted by molar-refractivity contribution is 5.27. The quantitative estimate of drug-likeness (QED) is 0.592. The molecule has 0 aromatic heterocycles. The van der Waals surface area contributed by atoms with Crippen LogP contribution in [0.2, 0.25) is 0 Å². The van der Waals surface area contributed by atoms with Crippen LogP contribution in [-0.4, -0.2) is 50.8 Å². The molecule has 0 aliphatic rings. The van der Waals surface area contributed by atoms with Crippen molar-refractivity contribution in [3.8, 4) is 5.75 Å². The van der Waals surface area contributed by atoms with Crippen LogP contribution in [0.5, 0.6) is 5.75 Å². The number of rotatable bonds is 11. The fourth-order valence-electron chi connectivity index (χ4n) is 1.67. The molecule has 0 aliphatic carbocycles. The summed E-state index contributed by atoms with van der Waals surface area (Å²) >= 11 is 0. The molecule has 0 spiro atoms. The summed E-state index contributed by atoms with van der Waals surface area (Å²) in [7, 11) is 0. The molecule has 1 aromatic carbocycles. The second-order valence-electron chi connectivity index (χ2n) is 4.45. The maximum atomic E-state index is 8.90. The van der Waals surface area contributed by atoms with E-state index in [1.807, 2.05) is 31.2 Å². The maximum absolute atomic E-state index is 8.90. The van der Waals surface area contributed by atoms with Crippen molar-refractivity contribution in [3.63, 3.8) is 0 Å². The minimum Gasteiger partial charge on any atom is -0.491 e. The molecule has 20 heavy (non-hydrogen) atoms. The lowest BCUT2D eigenvalue weighted by Crippen LogP contribution is -2.26. The number of aliphatic hydroxyl groups is 1. The first kappa shape index (κ1) is 16.9. The third kappa shape index (κ3) is 7.45. The fourth-order valence-corrected chi connectivity index (χ4v) is 1.67. The zero-order valence-electron chi connectivity index (χ0n) is 12.1. The average Bonchev–Trinajstić information content (AvgIpc) is 2.48. The van der Waals surface area contributed by atoms with Crippen LogP contribution in [0.1, 0.15) is 12.5 Å². The molecule has 1 atom stereocenters. The van der Waals surface area contributed by atoms with Crippen LogP contribution in [0.3, 0.4) is 0 Å². The van der Waals surface area contributed by atoms with Crippen LogP contribution in [0.4, 0.5) is 0 Å². The molecule has 0 bridgehead atoms. The minimum absolute atomic E-state index is 0.00264. The molecular weight excluding hydrogens is 258 g/mol. The zero-order valence-corrected chi connectivity index (χ0v) is 12.1. The zero-order chi connectivity index (χ0) is 14.6. The van der Waals surface area contributed by atoms with E-state index in [9.17, 15) is 0 Å². The molecule has 1 rings (SSSR count). The number of aliphatic hydroxyl groups excluding tert-OH is 1. The van der Waals surface area contributed by atoms with Crippen LogP contribution in [0, 0.1) is 0 Å². The Hall–Kier alpha value is -1.14. The van der Waals surface area contributed by atoms with Gasteiger partial charge in [0.15, 0.2) is 0 Å². The predicted molar refractivity (Wildman–Crippen MR) is 78.0 cm³/mol. The first-order chi connectivity index (χ1) is 9.76. The summed E-state index contributed by atoms with van der Waals surface area (Å²) in [5.41, 5.74) is 6.77. The van der Waals surface area contributed by atoms with E-state index in [0.717, 1.165) is 11.3 Å². The normalized spacial score (nSPS) is 12.3. The van der Waals surface area contributed by atoms with Crippen molar-refractivity contribution >= 4 is 0 Å². The summed E-state index contributed by atoms with van der Waals surface area (Å²) in [6.45, 7) is 4.95. The molecule has 3 N–H and O–H groups in total. The lowest BCUT2D eigenvalue weighted by Gasteiger charge is -2.10. The molecule has 0 radical (unpaired) electrons. The Morgan fingerprint density at radius 1 is 1.05 bits per heavy atom. The van der Waals surface area contributed by atoms with Gasteiger partial charge in [0.25, 0.3) is 0 Å². The first-order valence-corrected chi connectivity index (χ1v) is 7.00. The van der Waals surface area contributed by atoms with Gasteiger partial charge in [-0.15, -0.1) is 0 Å². The molecule has 1 unspecified atom stereocenters. The highest BCUT2D eigenvalue weighted by Gasteiger charge is 2.02. The van der Waals surface area contributed by atoms with E-state index in [-0.39, 0.29) is 12.6 Å². The van der Waals surface area contributed by atoms with Gasteiger partial charge in [0.2, 0.25) is 0 Å². The Balaban J connectivity index is 2.15. The minimum atomic E-state index is -0.208. The lowest BCUT2D eigenvalue weighted by molar-refractivity contribution is 0.0405. The monoisotopic (exact) mass is 283 g/mol. The van der Waals surface area contributed by atoms with Gasteiger partial charge in [-0.25, -0.2) is 0 Å². The molecule has 0 saturated carbocycles. The third-order valence-corrected chi connectivity index (χ3v) is 2.73. The largest absolute Gasteiger partial charge is 0.491 e. The van der Waals surface area contributed by atoms with Gasteiger partial charge in [0.1, 0.15) is 12.4 Å². The van der Waals surface area contributed by atoms with E-state index in [1.54, 1.807) is 0 Å². The molecule has 114 valence electrons. The summed E-state index contributed by atoms with van der Waals surface area (Å²) < 4.78 is 16.1. The number of benzene rings is 1. The van der Waals surface area contributed by atoms with Crippen molar-refractivity contribution in [1.29, 1.82) is 0 Å². The Bertz CT molecular complexity index is 342. The maximum Gasteiger partial charge on any atom is 0.119 e. The summed E-state index contributed by atoms with van der Waals surface area (Å²) in [5, 5.41) is 8.90. The van der Waals surface area contributed by atoms with Crippen molar-refractivity contribution in [2.75, 3.05) is 39.6 Å². The van der Waals surface area contributed by atoms with Gasteiger partial charge in [-0.05, 0) is 31.0 Å². The van der Waals surface area contributed by atoms with Gasteiger partial charge in [0, 0.05) is 12.6 Å². The van der Waals surface area contributed by atoms with Gasteiger partial charge in [-0.2, -0.15) is 0 Å². The van der Waals surface area contributed by atoms with E-state index < -0.39 is 0 Å². The molecule has 5 heteroatoms. The van der Waals surface area contributed by atoms with E-state index in [4.69, 9.17) is 25.1 Å². The van der Waals surface area contributed by atoms with Crippen molar-refractivity contribution < 1.29 is 19.3 Å². The molecule has 0 heterocycles. The standard InChI is InChI=1S/C15H25NO4/c1-2-18-7-8-19-9-10-20-15-5-3-13(4-6-15)11-14(16)12-17/h3-6,14,17H,2,7-12,16H2,1H3. The van der Waals surface area contributed by atoms with Crippen LogP contribution < -0.4 is 10.5 Å². The number of nitrogens with two attached hydrogens (primary N) is 1. The molecule has 0 fully saturated rings. The number of ether oxygens (including phenoxy) is 3. The molecule has 0 amide bonds. The van der Waals surface area contributed by atoms with Crippen LogP contribution in [0.15, 0.2) is 24.3 Å². The fraction of sp³-hybridized carbons (Fsp3) is 0.600. The van der Waals surface area contributed by atoms with Crippen LogP contribution >= 0.6 is 0 Å². The molecule has 1 aromatic rings. The topological polar surface area (TPSA) is 73.9 Å². The lowest BCUT2D eigenvalue weighted by atomic mass is 10.1. The molecular formula is C15H25NO4. The Morgan fingerprint density at radius 3 is 2.35 bits per heavy atom. The summed E-state index contributed by atoms with van der Waals surface area (Å²) in [5.74, 6) is 0.805. The predicted octanol–water partition coefficient (Wildman–Crippen LogP) is 0.981. The summed E-state index contributed by atoms with van der Waals surface area (Å²) in [6, 6.07) is 7.52. The SMILES string of the molecule is CCOCCOCCOc1ccc(CC(N)CO)cc1. The van der Waals surface area contributed by atoms with Gasteiger partial charge < -0.3 is 25.1 Å². The second-order valence-corrected chi connectivity index (χ2v) is 4.45. The highest BCUT2D eigenvalue weighted by atomic mass is 16.5. The third-order valence-electron chi connectivity index (χ3n) is 2.73. The molecule has 0 saturated heterocycles. The van der Waals surface area contributed by atoms with E-state index in [2.05, 4.69) is 0 Å². The van der Waals surface area contributed by atoms with E-state index in [1.165, 1.54) is 0 Å². The van der Waals surface area contributed by atoms with Gasteiger partial charge in [-0.1, -0.05) is 12.1 Å². The summed E-state index contributed by atoms with van der Waals surface area (Å²) in [6.07, 6.45) is 0.664. The van der Waals surface area contributed by atoms with Crippen LogP contribution in [0.25, 0.3) is 0 Å². The number of hydrogen-bond acceptors (Lipinski definition) is 5. The van der Waals surface area contributed by atoms with Crippen molar-refractivity contribution in [3.05, 3.63) is 29.8 Å². The highest BCUT2D eigenvalue weighted by Crippen LogP contribution is 2.13. The Kier molecular flexibility index (Phi) is 8.98. The first-order valence-electron chi connectivity index (χ1n) is 7.00. The Morgan fingerprint density at radius 2 is 1.70 bits per heavy atom. The summed E-state index contributed by atoms with van der Waals surface area (Å²) in [4.78, 5) is 0. The molecule has 0 aliphatic heterocycles. The van der Waals surface area contributed by atoms with Crippen molar-refractivity contribution in [1.82, 2.24) is 0 Å². The van der Waals surface area contributed by atoms with Gasteiger partial charge >= 0.3 is 0 Å². The number of hydrogen-bond donors (Lipinski definition) is 2. The van der Waals surface area contributed by atoms with Crippen molar-refractivity contribution in [2.24, 2.45) is 5.73 Å². The smallest absolute Gasteiger partial charge is 0.119 e.